The second-order valence-electron chi connectivity index (χ2n) is 4.82. The highest BCUT2D eigenvalue weighted by Crippen LogP contribution is 2.26. The Morgan fingerprint density at radius 1 is 1.23 bits per heavy atom. The lowest BCUT2D eigenvalue weighted by Crippen LogP contribution is -2.25. The van der Waals surface area contributed by atoms with Gasteiger partial charge in [-0.1, -0.05) is 35.5 Å². The van der Waals surface area contributed by atoms with Crippen LogP contribution in [0.4, 0.5) is 10.1 Å². The van der Waals surface area contributed by atoms with E-state index in [9.17, 15) is 9.18 Å². The molecule has 2 aromatic rings. The largest absolute Gasteiger partial charge is 0.304 e. The number of carbonyl (C=O) groups excluding carboxylic acids is 1. The van der Waals surface area contributed by atoms with Gasteiger partial charge in [-0.15, -0.1) is 0 Å². The highest BCUT2D eigenvalue weighted by molar-refractivity contribution is 8.15. The van der Waals surface area contributed by atoms with E-state index in [0.717, 1.165) is 5.56 Å². The number of hydrogen-bond donors (Lipinski definition) is 1. The molecule has 1 heterocycles. The minimum Gasteiger partial charge on any atom is -0.304 e. The van der Waals surface area contributed by atoms with Crippen molar-refractivity contribution >= 4 is 40.1 Å². The summed E-state index contributed by atoms with van der Waals surface area (Å²) in [4.78, 5) is 16.3. The second kappa shape index (κ2) is 6.50. The Morgan fingerprint density at radius 3 is 2.73 bits per heavy atom. The van der Waals surface area contributed by atoms with Gasteiger partial charge >= 0.3 is 0 Å². The molecule has 0 aliphatic carbocycles. The van der Waals surface area contributed by atoms with Gasteiger partial charge in [0.1, 0.15) is 5.82 Å². The van der Waals surface area contributed by atoms with Crippen molar-refractivity contribution in [2.24, 2.45) is 4.99 Å². The Morgan fingerprint density at radius 2 is 2.00 bits per heavy atom. The van der Waals surface area contributed by atoms with Crippen LogP contribution in [0.1, 0.15) is 5.56 Å². The van der Waals surface area contributed by atoms with E-state index in [1.54, 1.807) is 18.2 Å². The van der Waals surface area contributed by atoms with Crippen molar-refractivity contribution in [1.82, 2.24) is 5.32 Å². The van der Waals surface area contributed by atoms with Crippen LogP contribution in [0.5, 0.6) is 0 Å². The molecular formula is C16H12ClFN2OS. The van der Waals surface area contributed by atoms with E-state index in [4.69, 9.17) is 11.6 Å². The standard InChI is InChI=1S/C16H12ClFN2OS/c17-11-3-1-2-10(8-11)9-14-15(21)20-16(22-14)19-13-6-4-12(18)5-7-13/h1-8,14H,9H2,(H,19,20,21)/t14-/m1/s1. The van der Waals surface area contributed by atoms with Crippen molar-refractivity contribution in [1.29, 1.82) is 0 Å². The molecule has 112 valence electrons. The number of halogens is 2. The van der Waals surface area contributed by atoms with Gasteiger partial charge in [0.05, 0.1) is 10.9 Å². The molecule has 0 spiro atoms. The van der Waals surface area contributed by atoms with E-state index in [1.165, 1.54) is 23.9 Å². The SMILES string of the molecule is O=C1NC(=Nc2ccc(F)cc2)S[C@@H]1Cc1cccc(Cl)c1. The smallest absolute Gasteiger partial charge is 0.239 e. The summed E-state index contributed by atoms with van der Waals surface area (Å²) in [6.07, 6.45) is 0.583. The number of carbonyl (C=O) groups is 1. The number of amidine groups is 1. The van der Waals surface area contributed by atoms with E-state index in [-0.39, 0.29) is 17.0 Å². The normalized spacial score (nSPS) is 19.5. The van der Waals surface area contributed by atoms with E-state index < -0.39 is 0 Å². The summed E-state index contributed by atoms with van der Waals surface area (Å²) in [7, 11) is 0. The van der Waals surface area contributed by atoms with Crippen molar-refractivity contribution in [2.75, 3.05) is 0 Å². The van der Waals surface area contributed by atoms with Crippen molar-refractivity contribution in [3.05, 3.63) is 64.9 Å². The van der Waals surface area contributed by atoms with Crippen LogP contribution in [-0.2, 0) is 11.2 Å². The molecule has 22 heavy (non-hydrogen) atoms. The highest BCUT2D eigenvalue weighted by Gasteiger charge is 2.30. The quantitative estimate of drug-likeness (QED) is 0.923. The zero-order chi connectivity index (χ0) is 15.5. The molecule has 3 nitrogen and oxygen atoms in total. The van der Waals surface area contributed by atoms with Crippen molar-refractivity contribution in [3.8, 4) is 0 Å². The van der Waals surface area contributed by atoms with Gasteiger partial charge in [-0.25, -0.2) is 9.38 Å². The summed E-state index contributed by atoms with van der Waals surface area (Å²) in [5.74, 6) is -0.392. The number of benzene rings is 2. The maximum atomic E-state index is 12.9. The van der Waals surface area contributed by atoms with Crippen LogP contribution < -0.4 is 5.32 Å². The summed E-state index contributed by atoms with van der Waals surface area (Å²) in [6.45, 7) is 0. The first-order valence-electron chi connectivity index (χ1n) is 6.66. The molecule has 0 bridgehead atoms. The summed E-state index contributed by atoms with van der Waals surface area (Å²) in [6, 6.07) is 13.3. The lowest BCUT2D eigenvalue weighted by atomic mass is 10.1. The van der Waals surface area contributed by atoms with Gasteiger partial charge in [0.25, 0.3) is 0 Å². The Hall–Kier alpha value is -1.85. The average molecular weight is 335 g/mol. The van der Waals surface area contributed by atoms with Gasteiger partial charge in [-0.3, -0.25) is 4.79 Å². The van der Waals surface area contributed by atoms with Gasteiger partial charge < -0.3 is 5.32 Å². The Kier molecular flexibility index (Phi) is 4.45. The van der Waals surface area contributed by atoms with E-state index in [2.05, 4.69) is 10.3 Å². The summed E-state index contributed by atoms with van der Waals surface area (Å²) in [5, 5.41) is 3.70. The first-order chi connectivity index (χ1) is 10.6. The molecule has 3 rings (SSSR count). The molecule has 1 fully saturated rings. The zero-order valence-corrected chi connectivity index (χ0v) is 13.0. The van der Waals surface area contributed by atoms with Crippen LogP contribution in [0.25, 0.3) is 0 Å². The van der Waals surface area contributed by atoms with Crippen molar-refractivity contribution in [3.63, 3.8) is 0 Å². The molecule has 0 radical (unpaired) electrons. The molecule has 1 N–H and O–H groups in total. The molecule has 0 saturated carbocycles. The first kappa shape index (κ1) is 15.1. The van der Waals surface area contributed by atoms with Crippen LogP contribution in [0.3, 0.4) is 0 Å². The number of aliphatic imine (C=N–C) groups is 1. The monoisotopic (exact) mass is 334 g/mol. The molecule has 1 aliphatic rings. The summed E-state index contributed by atoms with van der Waals surface area (Å²) >= 11 is 7.32. The molecular weight excluding hydrogens is 323 g/mol. The van der Waals surface area contributed by atoms with Crippen LogP contribution in [0.2, 0.25) is 5.02 Å². The lowest BCUT2D eigenvalue weighted by molar-refractivity contribution is -0.118. The van der Waals surface area contributed by atoms with Crippen molar-refractivity contribution < 1.29 is 9.18 Å². The third kappa shape index (κ3) is 3.67. The topological polar surface area (TPSA) is 41.5 Å². The van der Waals surface area contributed by atoms with Gasteiger partial charge in [-0.05, 0) is 48.4 Å². The number of hydrogen-bond acceptors (Lipinski definition) is 3. The zero-order valence-electron chi connectivity index (χ0n) is 11.4. The molecule has 2 aromatic carbocycles. The fourth-order valence-corrected chi connectivity index (χ4v) is 3.34. The van der Waals surface area contributed by atoms with E-state index in [1.807, 2.05) is 18.2 Å². The number of amides is 1. The minimum atomic E-state index is -0.314. The van der Waals surface area contributed by atoms with Crippen LogP contribution in [0.15, 0.2) is 53.5 Å². The average Bonchev–Trinajstić information content (AvgIpc) is 2.81. The third-order valence-corrected chi connectivity index (χ3v) is 4.46. The Labute approximate surface area is 136 Å². The van der Waals surface area contributed by atoms with Crippen LogP contribution >= 0.6 is 23.4 Å². The molecule has 0 unspecified atom stereocenters. The van der Waals surface area contributed by atoms with E-state index >= 15 is 0 Å². The lowest BCUT2D eigenvalue weighted by Gasteiger charge is -2.05. The number of thioether (sulfide) groups is 1. The number of nitrogens with zero attached hydrogens (tertiary/aromatic N) is 1. The third-order valence-electron chi connectivity index (χ3n) is 3.14. The number of rotatable bonds is 3. The summed E-state index contributed by atoms with van der Waals surface area (Å²) in [5.41, 5.74) is 1.61. The predicted octanol–water partition coefficient (Wildman–Crippen LogP) is 3.94. The molecule has 0 aromatic heterocycles. The second-order valence-corrected chi connectivity index (χ2v) is 6.45. The maximum absolute atomic E-state index is 12.9. The molecule has 1 atom stereocenters. The van der Waals surface area contributed by atoms with Gasteiger partial charge in [0.15, 0.2) is 5.17 Å². The van der Waals surface area contributed by atoms with Gasteiger partial charge in [0.2, 0.25) is 5.91 Å². The molecule has 1 saturated heterocycles. The fraction of sp³-hybridized carbons (Fsp3) is 0.125. The van der Waals surface area contributed by atoms with Crippen LogP contribution in [-0.4, -0.2) is 16.3 Å². The molecule has 1 aliphatic heterocycles. The number of nitrogens with one attached hydrogen (secondary N) is 1. The van der Waals surface area contributed by atoms with Crippen molar-refractivity contribution in [2.45, 2.75) is 11.7 Å². The summed E-state index contributed by atoms with van der Waals surface area (Å²) < 4.78 is 12.9. The Balaban J connectivity index is 1.71. The molecule has 6 heteroatoms. The van der Waals surface area contributed by atoms with E-state index in [0.29, 0.717) is 22.3 Å². The van der Waals surface area contributed by atoms with Crippen LogP contribution in [0, 0.1) is 5.82 Å². The first-order valence-corrected chi connectivity index (χ1v) is 7.92. The predicted molar refractivity (Wildman–Crippen MR) is 88.2 cm³/mol. The van der Waals surface area contributed by atoms with Gasteiger partial charge in [0, 0.05) is 5.02 Å². The fourth-order valence-electron chi connectivity index (χ4n) is 2.10. The highest BCUT2D eigenvalue weighted by atomic mass is 35.5. The minimum absolute atomic E-state index is 0.0779. The maximum Gasteiger partial charge on any atom is 0.239 e. The molecule has 1 amide bonds. The Bertz CT molecular complexity index is 733. The van der Waals surface area contributed by atoms with Gasteiger partial charge in [-0.2, -0.15) is 0 Å².